The van der Waals surface area contributed by atoms with Crippen molar-refractivity contribution in [2.45, 2.75) is 32.6 Å². The summed E-state index contributed by atoms with van der Waals surface area (Å²) in [5.74, 6) is 1.92. The van der Waals surface area contributed by atoms with Gasteiger partial charge in [-0.1, -0.05) is 6.42 Å². The molecule has 1 unspecified atom stereocenters. The molecular weight excluding hydrogens is 174 g/mol. The van der Waals surface area contributed by atoms with Gasteiger partial charge in [-0.05, 0) is 50.4 Å². The summed E-state index contributed by atoms with van der Waals surface area (Å²) in [6.07, 6.45) is 6.97. The van der Waals surface area contributed by atoms with E-state index in [-0.39, 0.29) is 0 Å². The highest BCUT2D eigenvalue weighted by molar-refractivity contribution is 5.11. The third kappa shape index (κ3) is 2.61. The van der Waals surface area contributed by atoms with Gasteiger partial charge in [0.2, 0.25) is 0 Å². The molecule has 1 saturated heterocycles. The van der Waals surface area contributed by atoms with Gasteiger partial charge in [-0.15, -0.1) is 0 Å². The molecule has 1 fully saturated rings. The van der Waals surface area contributed by atoms with Crippen LogP contribution in [0.1, 0.15) is 30.6 Å². The highest BCUT2D eigenvalue weighted by Crippen LogP contribution is 2.18. The molecule has 78 valence electrons. The van der Waals surface area contributed by atoms with Crippen LogP contribution in [0.25, 0.3) is 0 Å². The van der Waals surface area contributed by atoms with Crippen LogP contribution in [-0.2, 0) is 6.42 Å². The van der Waals surface area contributed by atoms with Crippen molar-refractivity contribution in [1.82, 2.24) is 5.32 Å². The summed E-state index contributed by atoms with van der Waals surface area (Å²) in [6.45, 7) is 4.42. The van der Waals surface area contributed by atoms with Crippen LogP contribution < -0.4 is 5.32 Å². The van der Waals surface area contributed by atoms with E-state index in [4.69, 9.17) is 4.42 Å². The van der Waals surface area contributed by atoms with Crippen LogP contribution in [0.2, 0.25) is 0 Å². The van der Waals surface area contributed by atoms with Gasteiger partial charge in [0.1, 0.15) is 5.76 Å². The van der Waals surface area contributed by atoms with E-state index in [0.29, 0.717) is 0 Å². The molecular formula is C12H19NO. The van der Waals surface area contributed by atoms with E-state index in [0.717, 1.165) is 24.6 Å². The van der Waals surface area contributed by atoms with Gasteiger partial charge in [0, 0.05) is 6.42 Å². The molecule has 14 heavy (non-hydrogen) atoms. The van der Waals surface area contributed by atoms with Crippen molar-refractivity contribution in [3.05, 3.63) is 23.7 Å². The molecule has 2 heteroatoms. The Hall–Kier alpha value is -0.760. The van der Waals surface area contributed by atoms with Gasteiger partial charge in [-0.25, -0.2) is 0 Å². The molecule has 2 nitrogen and oxygen atoms in total. The molecule has 1 atom stereocenters. The number of furan rings is 1. The molecule has 0 radical (unpaired) electrons. The van der Waals surface area contributed by atoms with Crippen LogP contribution in [0.5, 0.6) is 0 Å². The molecule has 2 heterocycles. The van der Waals surface area contributed by atoms with E-state index in [1.807, 2.05) is 6.26 Å². The lowest BCUT2D eigenvalue weighted by Gasteiger charge is -2.11. The summed E-state index contributed by atoms with van der Waals surface area (Å²) in [6, 6.07) is 2.16. The minimum Gasteiger partial charge on any atom is -0.469 e. The topological polar surface area (TPSA) is 25.2 Å². The van der Waals surface area contributed by atoms with Crippen molar-refractivity contribution < 1.29 is 4.42 Å². The number of nitrogens with one attached hydrogen (secondary N) is 1. The SMILES string of the molecule is Cc1coc(CC2CCCCNC2)c1. The molecule has 1 aromatic rings. The average molecular weight is 193 g/mol. The minimum atomic E-state index is 0.767. The lowest BCUT2D eigenvalue weighted by atomic mass is 9.98. The van der Waals surface area contributed by atoms with E-state index < -0.39 is 0 Å². The van der Waals surface area contributed by atoms with Crippen LogP contribution in [0.3, 0.4) is 0 Å². The Morgan fingerprint density at radius 1 is 1.50 bits per heavy atom. The maximum Gasteiger partial charge on any atom is 0.104 e. The standard InChI is InChI=1S/C12H19NO/c1-10-6-12(14-9-10)7-11-4-2-3-5-13-8-11/h6,9,11,13H,2-5,7-8H2,1H3. The zero-order chi connectivity index (χ0) is 9.80. The highest BCUT2D eigenvalue weighted by Gasteiger charge is 2.13. The van der Waals surface area contributed by atoms with Crippen LogP contribution in [0, 0.1) is 12.8 Å². The molecule has 0 spiro atoms. The van der Waals surface area contributed by atoms with Gasteiger partial charge in [0.15, 0.2) is 0 Å². The smallest absolute Gasteiger partial charge is 0.104 e. The van der Waals surface area contributed by atoms with Gasteiger partial charge in [0.25, 0.3) is 0 Å². The van der Waals surface area contributed by atoms with Gasteiger partial charge >= 0.3 is 0 Å². The summed E-state index contributed by atoms with van der Waals surface area (Å²) < 4.78 is 5.48. The summed E-state index contributed by atoms with van der Waals surface area (Å²) in [5.41, 5.74) is 1.24. The summed E-state index contributed by atoms with van der Waals surface area (Å²) in [7, 11) is 0. The molecule has 0 aliphatic carbocycles. The molecule has 0 saturated carbocycles. The van der Waals surface area contributed by atoms with E-state index in [2.05, 4.69) is 18.3 Å². The summed E-state index contributed by atoms with van der Waals surface area (Å²) in [4.78, 5) is 0. The second-order valence-corrected chi connectivity index (χ2v) is 4.36. The quantitative estimate of drug-likeness (QED) is 0.780. The monoisotopic (exact) mass is 193 g/mol. The normalized spacial score (nSPS) is 23.4. The average Bonchev–Trinajstić information content (AvgIpc) is 2.43. The maximum absolute atomic E-state index is 5.48. The van der Waals surface area contributed by atoms with Crippen LogP contribution >= 0.6 is 0 Å². The van der Waals surface area contributed by atoms with Gasteiger partial charge in [-0.3, -0.25) is 0 Å². The van der Waals surface area contributed by atoms with Crippen LogP contribution in [0.15, 0.2) is 16.7 Å². The Kier molecular flexibility index (Phi) is 3.25. The molecule has 0 aromatic carbocycles. The lowest BCUT2D eigenvalue weighted by molar-refractivity contribution is 0.415. The zero-order valence-corrected chi connectivity index (χ0v) is 8.88. The Morgan fingerprint density at radius 2 is 2.43 bits per heavy atom. The fourth-order valence-corrected chi connectivity index (χ4v) is 2.15. The number of rotatable bonds is 2. The van der Waals surface area contributed by atoms with Crippen LogP contribution in [-0.4, -0.2) is 13.1 Å². The molecule has 1 aliphatic rings. The van der Waals surface area contributed by atoms with E-state index in [1.165, 1.54) is 31.4 Å². The molecule has 1 N–H and O–H groups in total. The molecule has 1 aromatic heterocycles. The van der Waals surface area contributed by atoms with Gasteiger partial charge in [-0.2, -0.15) is 0 Å². The predicted molar refractivity (Wildman–Crippen MR) is 57.4 cm³/mol. The number of aryl methyl sites for hydroxylation is 1. The minimum absolute atomic E-state index is 0.767. The summed E-state index contributed by atoms with van der Waals surface area (Å²) in [5, 5.41) is 3.48. The third-order valence-corrected chi connectivity index (χ3v) is 2.92. The maximum atomic E-state index is 5.48. The largest absolute Gasteiger partial charge is 0.469 e. The Bertz CT molecular complexity index is 272. The first-order valence-electron chi connectivity index (χ1n) is 5.59. The Balaban J connectivity index is 1.89. The molecule has 0 amide bonds. The fourth-order valence-electron chi connectivity index (χ4n) is 2.15. The van der Waals surface area contributed by atoms with E-state index in [9.17, 15) is 0 Å². The van der Waals surface area contributed by atoms with Crippen LogP contribution in [0.4, 0.5) is 0 Å². The third-order valence-electron chi connectivity index (χ3n) is 2.92. The van der Waals surface area contributed by atoms with Gasteiger partial charge < -0.3 is 9.73 Å². The summed E-state index contributed by atoms with van der Waals surface area (Å²) >= 11 is 0. The Morgan fingerprint density at radius 3 is 3.21 bits per heavy atom. The van der Waals surface area contributed by atoms with Crippen molar-refractivity contribution in [3.63, 3.8) is 0 Å². The molecule has 0 bridgehead atoms. The second-order valence-electron chi connectivity index (χ2n) is 4.36. The second kappa shape index (κ2) is 4.65. The first-order chi connectivity index (χ1) is 6.84. The molecule has 2 rings (SSSR count). The Labute approximate surface area is 85.7 Å². The number of hydrogen-bond donors (Lipinski definition) is 1. The first-order valence-corrected chi connectivity index (χ1v) is 5.59. The van der Waals surface area contributed by atoms with Gasteiger partial charge in [0.05, 0.1) is 6.26 Å². The lowest BCUT2D eigenvalue weighted by Crippen LogP contribution is -2.21. The van der Waals surface area contributed by atoms with Crippen molar-refractivity contribution >= 4 is 0 Å². The zero-order valence-electron chi connectivity index (χ0n) is 8.88. The first kappa shape index (κ1) is 9.78. The fraction of sp³-hybridized carbons (Fsp3) is 0.667. The predicted octanol–water partition coefficient (Wildman–Crippen LogP) is 2.52. The van der Waals surface area contributed by atoms with E-state index >= 15 is 0 Å². The van der Waals surface area contributed by atoms with Crippen molar-refractivity contribution in [3.8, 4) is 0 Å². The molecule has 1 aliphatic heterocycles. The number of hydrogen-bond acceptors (Lipinski definition) is 2. The van der Waals surface area contributed by atoms with Crippen molar-refractivity contribution in [2.75, 3.05) is 13.1 Å². The van der Waals surface area contributed by atoms with Crippen molar-refractivity contribution in [2.24, 2.45) is 5.92 Å². The van der Waals surface area contributed by atoms with Crippen molar-refractivity contribution in [1.29, 1.82) is 0 Å². The highest BCUT2D eigenvalue weighted by atomic mass is 16.3. The van der Waals surface area contributed by atoms with E-state index in [1.54, 1.807) is 0 Å².